The lowest BCUT2D eigenvalue weighted by Gasteiger charge is -2.26. The van der Waals surface area contributed by atoms with Crippen LogP contribution in [0.3, 0.4) is 0 Å². The zero-order valence-electron chi connectivity index (χ0n) is 12.1. The van der Waals surface area contributed by atoms with E-state index in [4.69, 9.17) is 0 Å². The maximum absolute atomic E-state index is 11.6. The summed E-state index contributed by atoms with van der Waals surface area (Å²) in [5.74, 6) is -0.196. The highest BCUT2D eigenvalue weighted by Gasteiger charge is 2.36. The smallest absolute Gasteiger partial charge is 0.311 e. The molecule has 0 bridgehead atoms. The van der Waals surface area contributed by atoms with E-state index in [2.05, 4.69) is 31.5 Å². The van der Waals surface area contributed by atoms with E-state index >= 15 is 0 Å². The van der Waals surface area contributed by atoms with Gasteiger partial charge in [-0.25, -0.2) is 4.68 Å². The van der Waals surface area contributed by atoms with E-state index in [1.165, 1.54) is 0 Å². The van der Waals surface area contributed by atoms with Gasteiger partial charge >= 0.3 is 5.97 Å². The van der Waals surface area contributed by atoms with Crippen LogP contribution >= 0.6 is 27.3 Å². The van der Waals surface area contributed by atoms with Crippen LogP contribution in [-0.4, -0.2) is 31.3 Å². The van der Waals surface area contributed by atoms with Gasteiger partial charge in [-0.2, -0.15) is 0 Å². The summed E-state index contributed by atoms with van der Waals surface area (Å²) in [6.07, 6.45) is 1.07. The SMILES string of the molecule is CCC(CC)(Cn1nnnc1-c1cc(C)c(Br)s1)C(=O)O. The van der Waals surface area contributed by atoms with Crippen molar-refractivity contribution in [1.29, 1.82) is 0 Å². The largest absolute Gasteiger partial charge is 0.481 e. The lowest BCUT2D eigenvalue weighted by molar-refractivity contribution is -0.150. The molecule has 2 aromatic heterocycles. The molecule has 0 aliphatic rings. The van der Waals surface area contributed by atoms with Gasteiger partial charge in [-0.15, -0.1) is 16.4 Å². The molecule has 1 N–H and O–H groups in total. The molecule has 2 rings (SSSR count). The number of carboxylic acids is 1. The highest BCUT2D eigenvalue weighted by atomic mass is 79.9. The lowest BCUT2D eigenvalue weighted by atomic mass is 9.82. The predicted molar refractivity (Wildman–Crippen MR) is 84.2 cm³/mol. The summed E-state index contributed by atoms with van der Waals surface area (Å²) in [5.41, 5.74) is 0.272. The standard InChI is InChI=1S/C13H17BrN4O2S/c1-4-13(5-2,12(19)20)7-18-11(15-16-17-18)9-6-8(3)10(14)21-9/h6H,4-5,7H2,1-3H3,(H,19,20). The molecule has 2 heterocycles. The molecule has 0 aliphatic heterocycles. The molecule has 8 heteroatoms. The van der Waals surface area contributed by atoms with Crippen LogP contribution in [-0.2, 0) is 11.3 Å². The van der Waals surface area contributed by atoms with Gasteiger partial charge in [0.15, 0.2) is 5.82 Å². The molecule has 21 heavy (non-hydrogen) atoms. The summed E-state index contributed by atoms with van der Waals surface area (Å²) < 4.78 is 2.63. The van der Waals surface area contributed by atoms with Gasteiger partial charge in [-0.1, -0.05) is 13.8 Å². The van der Waals surface area contributed by atoms with Crippen molar-refractivity contribution < 1.29 is 9.90 Å². The number of aromatic nitrogens is 4. The molecule has 0 saturated carbocycles. The molecule has 0 saturated heterocycles. The van der Waals surface area contributed by atoms with Gasteiger partial charge in [0.25, 0.3) is 0 Å². The first-order chi connectivity index (χ1) is 9.93. The van der Waals surface area contributed by atoms with Crippen molar-refractivity contribution in [2.75, 3.05) is 0 Å². The molecule has 114 valence electrons. The Balaban J connectivity index is 2.39. The summed E-state index contributed by atoms with van der Waals surface area (Å²) >= 11 is 5.03. The number of carbonyl (C=O) groups is 1. The maximum Gasteiger partial charge on any atom is 0.311 e. The molecule has 6 nitrogen and oxygen atoms in total. The van der Waals surface area contributed by atoms with Gasteiger partial charge in [-0.05, 0) is 57.8 Å². The Hall–Kier alpha value is -1.28. The normalized spacial score (nSPS) is 11.8. The molecule has 0 radical (unpaired) electrons. The number of thiophene rings is 1. The fraction of sp³-hybridized carbons (Fsp3) is 0.538. The topological polar surface area (TPSA) is 80.9 Å². The number of carboxylic acid groups (broad SMARTS) is 1. The summed E-state index contributed by atoms with van der Waals surface area (Å²) in [7, 11) is 0. The quantitative estimate of drug-likeness (QED) is 0.840. The minimum Gasteiger partial charge on any atom is -0.481 e. The van der Waals surface area contributed by atoms with E-state index in [-0.39, 0.29) is 6.54 Å². The average Bonchev–Trinajstić information content (AvgIpc) is 3.03. The molecule has 0 unspecified atom stereocenters. The Morgan fingerprint density at radius 2 is 2.14 bits per heavy atom. The van der Waals surface area contributed by atoms with Crippen LogP contribution in [0.2, 0.25) is 0 Å². The Labute approximate surface area is 135 Å². The van der Waals surface area contributed by atoms with Crippen molar-refractivity contribution in [2.24, 2.45) is 5.41 Å². The number of hydrogen-bond donors (Lipinski definition) is 1. The Kier molecular flexibility index (Phi) is 4.77. The fourth-order valence-electron chi connectivity index (χ4n) is 2.19. The summed E-state index contributed by atoms with van der Waals surface area (Å²) in [6.45, 7) is 6.03. The number of aryl methyl sites for hydroxylation is 1. The maximum atomic E-state index is 11.6. The highest BCUT2D eigenvalue weighted by molar-refractivity contribution is 9.11. The van der Waals surface area contributed by atoms with Crippen molar-refractivity contribution in [1.82, 2.24) is 20.2 Å². The zero-order valence-corrected chi connectivity index (χ0v) is 14.5. The van der Waals surface area contributed by atoms with Gasteiger partial charge < -0.3 is 5.11 Å². The van der Waals surface area contributed by atoms with E-state index in [1.807, 2.05) is 26.8 Å². The highest BCUT2D eigenvalue weighted by Crippen LogP contribution is 2.35. The molecule has 0 atom stereocenters. The monoisotopic (exact) mass is 372 g/mol. The first-order valence-electron chi connectivity index (χ1n) is 6.69. The molecule has 0 aliphatic carbocycles. The van der Waals surface area contributed by atoms with E-state index < -0.39 is 11.4 Å². The minimum atomic E-state index is -0.840. The lowest BCUT2D eigenvalue weighted by Crippen LogP contribution is -2.35. The third kappa shape index (κ3) is 3.01. The van der Waals surface area contributed by atoms with Crippen LogP contribution in [0.15, 0.2) is 9.85 Å². The van der Waals surface area contributed by atoms with Crippen LogP contribution < -0.4 is 0 Å². The number of halogens is 1. The van der Waals surface area contributed by atoms with Crippen molar-refractivity contribution >= 4 is 33.2 Å². The molecule has 0 aromatic carbocycles. The van der Waals surface area contributed by atoms with Crippen molar-refractivity contribution in [2.45, 2.75) is 40.2 Å². The minimum absolute atomic E-state index is 0.270. The fourth-order valence-corrected chi connectivity index (χ4v) is 3.71. The summed E-state index contributed by atoms with van der Waals surface area (Å²) in [5, 5.41) is 21.3. The Bertz CT molecular complexity index is 629. The number of rotatable bonds is 6. The number of nitrogens with zero attached hydrogens (tertiary/aromatic N) is 4. The number of tetrazole rings is 1. The first kappa shape index (κ1) is 16.1. The molecular weight excluding hydrogens is 356 g/mol. The van der Waals surface area contributed by atoms with Gasteiger partial charge in [0.05, 0.1) is 20.6 Å². The van der Waals surface area contributed by atoms with Gasteiger partial charge in [-0.3, -0.25) is 4.79 Å². The molecule has 2 aromatic rings. The third-order valence-corrected chi connectivity index (χ3v) is 6.00. The number of hydrogen-bond acceptors (Lipinski definition) is 5. The van der Waals surface area contributed by atoms with Crippen LogP contribution in [0, 0.1) is 12.3 Å². The summed E-state index contributed by atoms with van der Waals surface area (Å²) in [6, 6.07) is 2.00. The van der Waals surface area contributed by atoms with E-state index in [0.717, 1.165) is 14.2 Å². The van der Waals surface area contributed by atoms with Crippen molar-refractivity contribution in [3.05, 3.63) is 15.4 Å². The third-order valence-electron chi connectivity index (χ3n) is 3.87. The van der Waals surface area contributed by atoms with Gasteiger partial charge in [0, 0.05) is 0 Å². The molecular formula is C13H17BrN4O2S. The zero-order chi connectivity index (χ0) is 15.6. The molecule has 0 amide bonds. The van der Waals surface area contributed by atoms with Gasteiger partial charge in [0.2, 0.25) is 0 Å². The second-order valence-electron chi connectivity index (χ2n) is 5.02. The predicted octanol–water partition coefficient (Wildman–Crippen LogP) is 3.36. The molecule has 0 spiro atoms. The average molecular weight is 373 g/mol. The van der Waals surface area contributed by atoms with Crippen LogP contribution in [0.1, 0.15) is 32.3 Å². The van der Waals surface area contributed by atoms with Crippen molar-refractivity contribution in [3.63, 3.8) is 0 Å². The molecule has 0 fully saturated rings. The van der Waals surface area contributed by atoms with Crippen LogP contribution in [0.4, 0.5) is 0 Å². The van der Waals surface area contributed by atoms with E-state index in [0.29, 0.717) is 18.7 Å². The van der Waals surface area contributed by atoms with E-state index in [9.17, 15) is 9.90 Å². The van der Waals surface area contributed by atoms with Crippen LogP contribution in [0.25, 0.3) is 10.7 Å². The van der Waals surface area contributed by atoms with Crippen molar-refractivity contribution in [3.8, 4) is 10.7 Å². The second kappa shape index (κ2) is 6.23. The van der Waals surface area contributed by atoms with Gasteiger partial charge in [0.1, 0.15) is 0 Å². The van der Waals surface area contributed by atoms with Crippen LogP contribution in [0.5, 0.6) is 0 Å². The first-order valence-corrected chi connectivity index (χ1v) is 8.30. The Morgan fingerprint density at radius 3 is 2.62 bits per heavy atom. The Morgan fingerprint density at radius 1 is 1.48 bits per heavy atom. The summed E-state index contributed by atoms with van der Waals surface area (Å²) in [4.78, 5) is 12.6. The second-order valence-corrected chi connectivity index (χ2v) is 7.39. The van der Waals surface area contributed by atoms with E-state index in [1.54, 1.807) is 16.0 Å². The number of aliphatic carboxylic acids is 1.